The Morgan fingerprint density at radius 1 is 0.339 bits per heavy atom. The molecule has 0 spiro atoms. The molecule has 0 N–H and O–H groups in total. The lowest BCUT2D eigenvalue weighted by Crippen LogP contribution is -2.30. The second-order valence-corrected chi connectivity index (χ2v) is 17.1. The zero-order valence-electron chi connectivity index (χ0n) is 39.3. The Morgan fingerprint density at radius 2 is 0.610 bits per heavy atom. The van der Waals surface area contributed by atoms with Crippen LogP contribution in [-0.2, 0) is 28.6 Å². The van der Waals surface area contributed by atoms with Gasteiger partial charge in [-0.05, 0) is 70.6 Å². The van der Waals surface area contributed by atoms with Crippen molar-refractivity contribution in [2.45, 2.75) is 271 Å². The van der Waals surface area contributed by atoms with E-state index in [1.807, 2.05) is 0 Å². The molecule has 1 atom stereocenters. The Bertz CT molecular complexity index is 1000. The van der Waals surface area contributed by atoms with Crippen LogP contribution in [0, 0.1) is 0 Å². The smallest absolute Gasteiger partial charge is 0.306 e. The van der Waals surface area contributed by atoms with Crippen LogP contribution in [0.5, 0.6) is 0 Å². The molecule has 0 heterocycles. The number of esters is 3. The molecule has 0 aromatic rings. The van der Waals surface area contributed by atoms with Crippen LogP contribution >= 0.6 is 0 Å². The molecule has 344 valence electrons. The van der Waals surface area contributed by atoms with Crippen molar-refractivity contribution >= 4 is 17.9 Å². The van der Waals surface area contributed by atoms with Crippen molar-refractivity contribution in [2.75, 3.05) is 13.2 Å². The lowest BCUT2D eigenvalue weighted by Gasteiger charge is -2.18. The van der Waals surface area contributed by atoms with Crippen LogP contribution in [0.1, 0.15) is 265 Å². The van der Waals surface area contributed by atoms with Gasteiger partial charge in [-0.2, -0.15) is 0 Å². The van der Waals surface area contributed by atoms with Crippen molar-refractivity contribution in [1.82, 2.24) is 0 Å². The molecule has 0 bridgehead atoms. The minimum Gasteiger partial charge on any atom is -0.462 e. The minimum atomic E-state index is -0.780. The van der Waals surface area contributed by atoms with E-state index in [9.17, 15) is 14.4 Å². The zero-order valence-corrected chi connectivity index (χ0v) is 39.3. The lowest BCUT2D eigenvalue weighted by molar-refractivity contribution is -0.167. The SMILES string of the molecule is CCCCCC/C=C\CCCCCCCCCC(=O)OC(COC(=O)CCCCC/C=C\C=C/CCCCCCCCC)COC(=O)CCCCCCCCCCCC. The molecular weight excluding hydrogens is 733 g/mol. The molecule has 0 aliphatic rings. The van der Waals surface area contributed by atoms with E-state index in [4.69, 9.17) is 14.2 Å². The Kier molecular flexibility index (Phi) is 46.4. The Hall–Kier alpha value is -2.37. The number of carbonyl (C=O) groups is 3. The highest BCUT2D eigenvalue weighted by atomic mass is 16.6. The number of unbranched alkanes of at least 4 members (excludes halogenated alkanes) is 30. The fraction of sp³-hybridized carbons (Fsp3) is 0.830. The summed E-state index contributed by atoms with van der Waals surface area (Å²) in [6.45, 7) is 6.59. The predicted molar refractivity (Wildman–Crippen MR) is 252 cm³/mol. The third-order valence-corrected chi connectivity index (χ3v) is 11.1. The van der Waals surface area contributed by atoms with Crippen molar-refractivity contribution in [2.24, 2.45) is 0 Å². The number of hydrogen-bond acceptors (Lipinski definition) is 6. The molecule has 0 aliphatic heterocycles. The van der Waals surface area contributed by atoms with E-state index in [2.05, 4.69) is 57.2 Å². The van der Waals surface area contributed by atoms with Gasteiger partial charge in [0.05, 0.1) is 0 Å². The van der Waals surface area contributed by atoms with Crippen molar-refractivity contribution in [1.29, 1.82) is 0 Å². The average molecular weight is 829 g/mol. The summed E-state index contributed by atoms with van der Waals surface area (Å²) in [7, 11) is 0. The molecule has 1 unspecified atom stereocenters. The maximum atomic E-state index is 12.8. The molecule has 0 aromatic carbocycles. The summed E-state index contributed by atoms with van der Waals surface area (Å²) < 4.78 is 16.7. The predicted octanol–water partition coefficient (Wildman–Crippen LogP) is 16.5. The quantitative estimate of drug-likeness (QED) is 0.0200. The Balaban J connectivity index is 4.38. The third kappa shape index (κ3) is 46.5. The average Bonchev–Trinajstić information content (AvgIpc) is 3.23. The molecule has 0 radical (unpaired) electrons. The summed E-state index contributed by atoms with van der Waals surface area (Å²) in [6.07, 6.45) is 55.5. The summed E-state index contributed by atoms with van der Waals surface area (Å²) in [4.78, 5) is 37.9. The van der Waals surface area contributed by atoms with E-state index in [1.165, 1.54) is 154 Å². The van der Waals surface area contributed by atoms with Crippen LogP contribution in [0.15, 0.2) is 36.5 Å². The highest BCUT2D eigenvalue weighted by Gasteiger charge is 2.19. The maximum Gasteiger partial charge on any atom is 0.306 e. The summed E-state index contributed by atoms with van der Waals surface area (Å²) in [5.41, 5.74) is 0. The Labute approximate surface area is 365 Å². The summed E-state index contributed by atoms with van der Waals surface area (Å²) in [5, 5.41) is 0. The molecule has 0 saturated carbocycles. The molecule has 6 nitrogen and oxygen atoms in total. The molecule has 59 heavy (non-hydrogen) atoms. The van der Waals surface area contributed by atoms with E-state index in [0.29, 0.717) is 19.3 Å². The lowest BCUT2D eigenvalue weighted by atomic mass is 10.1. The van der Waals surface area contributed by atoms with Gasteiger partial charge in [-0.1, -0.05) is 211 Å². The molecular formula is C53H96O6. The first-order chi connectivity index (χ1) is 29.0. The van der Waals surface area contributed by atoms with E-state index < -0.39 is 6.10 Å². The van der Waals surface area contributed by atoms with E-state index in [-0.39, 0.29) is 31.1 Å². The van der Waals surface area contributed by atoms with Crippen LogP contribution in [-0.4, -0.2) is 37.2 Å². The van der Waals surface area contributed by atoms with E-state index in [1.54, 1.807) is 0 Å². The van der Waals surface area contributed by atoms with Crippen LogP contribution in [0.4, 0.5) is 0 Å². The molecule has 0 saturated heterocycles. The molecule has 6 heteroatoms. The highest BCUT2D eigenvalue weighted by molar-refractivity contribution is 5.71. The molecule has 0 fully saturated rings. The maximum absolute atomic E-state index is 12.8. The third-order valence-electron chi connectivity index (χ3n) is 11.1. The standard InChI is InChI=1S/C53H96O6/c1-4-7-10-13-16-19-22-24-26-28-29-31-34-37-40-43-46-52(55)58-49-50(48-57-51(54)45-42-39-36-33-21-18-15-12-9-6-3)59-53(56)47-44-41-38-35-32-30-27-25-23-20-17-14-11-8-5-2/h20,23,26,28-29,31,50H,4-19,21-22,24-25,27,30,32-49H2,1-3H3/b23-20-,28-26-,31-29-. The molecule has 0 aliphatic carbocycles. The Morgan fingerprint density at radius 3 is 0.983 bits per heavy atom. The van der Waals surface area contributed by atoms with Crippen LogP contribution in [0.25, 0.3) is 0 Å². The van der Waals surface area contributed by atoms with Crippen molar-refractivity contribution in [3.8, 4) is 0 Å². The van der Waals surface area contributed by atoms with Crippen molar-refractivity contribution < 1.29 is 28.6 Å². The summed E-state index contributed by atoms with van der Waals surface area (Å²) in [6, 6.07) is 0. The number of allylic oxidation sites excluding steroid dienone is 6. The second-order valence-electron chi connectivity index (χ2n) is 17.1. The first-order valence-electron chi connectivity index (χ1n) is 25.5. The normalized spacial score (nSPS) is 12.3. The van der Waals surface area contributed by atoms with Crippen LogP contribution < -0.4 is 0 Å². The molecule has 0 amide bonds. The fourth-order valence-electron chi connectivity index (χ4n) is 7.25. The van der Waals surface area contributed by atoms with Gasteiger partial charge in [0, 0.05) is 19.3 Å². The molecule has 0 aromatic heterocycles. The van der Waals surface area contributed by atoms with Gasteiger partial charge < -0.3 is 14.2 Å². The van der Waals surface area contributed by atoms with Gasteiger partial charge in [-0.15, -0.1) is 0 Å². The summed E-state index contributed by atoms with van der Waals surface area (Å²) in [5.74, 6) is -0.905. The van der Waals surface area contributed by atoms with Crippen LogP contribution in [0.3, 0.4) is 0 Å². The zero-order chi connectivity index (χ0) is 43.0. The number of ether oxygens (including phenoxy) is 3. The van der Waals surface area contributed by atoms with Gasteiger partial charge in [-0.25, -0.2) is 0 Å². The number of rotatable bonds is 46. The largest absolute Gasteiger partial charge is 0.462 e. The first-order valence-corrected chi connectivity index (χ1v) is 25.5. The van der Waals surface area contributed by atoms with Crippen LogP contribution in [0.2, 0.25) is 0 Å². The van der Waals surface area contributed by atoms with Gasteiger partial charge in [0.2, 0.25) is 0 Å². The topological polar surface area (TPSA) is 78.9 Å². The van der Waals surface area contributed by atoms with Gasteiger partial charge >= 0.3 is 17.9 Å². The van der Waals surface area contributed by atoms with Gasteiger partial charge in [0.1, 0.15) is 13.2 Å². The van der Waals surface area contributed by atoms with Gasteiger partial charge in [-0.3, -0.25) is 14.4 Å². The van der Waals surface area contributed by atoms with Crippen molar-refractivity contribution in [3.63, 3.8) is 0 Å². The molecule has 0 rings (SSSR count). The second kappa shape index (κ2) is 48.3. The van der Waals surface area contributed by atoms with Gasteiger partial charge in [0.15, 0.2) is 6.10 Å². The van der Waals surface area contributed by atoms with E-state index >= 15 is 0 Å². The van der Waals surface area contributed by atoms with Crippen molar-refractivity contribution in [3.05, 3.63) is 36.5 Å². The first kappa shape index (κ1) is 56.6. The minimum absolute atomic E-state index is 0.0799. The van der Waals surface area contributed by atoms with Gasteiger partial charge in [0.25, 0.3) is 0 Å². The monoisotopic (exact) mass is 829 g/mol. The van der Waals surface area contributed by atoms with E-state index in [0.717, 1.165) is 70.6 Å². The number of hydrogen-bond donors (Lipinski definition) is 0. The summed E-state index contributed by atoms with van der Waals surface area (Å²) >= 11 is 0. The highest BCUT2D eigenvalue weighted by Crippen LogP contribution is 2.15. The number of carbonyl (C=O) groups excluding carboxylic acids is 3. The fourth-order valence-corrected chi connectivity index (χ4v) is 7.25.